The lowest BCUT2D eigenvalue weighted by atomic mass is 10.1. The minimum absolute atomic E-state index is 0.0394. The molecule has 2 aromatic carbocycles. The lowest BCUT2D eigenvalue weighted by Crippen LogP contribution is -2.39. The van der Waals surface area contributed by atoms with Gasteiger partial charge in [-0.3, -0.25) is 14.5 Å². The van der Waals surface area contributed by atoms with Crippen LogP contribution in [0.2, 0.25) is 0 Å². The second-order valence-electron chi connectivity index (χ2n) is 7.07. The summed E-state index contributed by atoms with van der Waals surface area (Å²) in [6.45, 7) is 2.89. The molecule has 6 nitrogen and oxygen atoms in total. The largest absolute Gasteiger partial charge is 0.378 e. The summed E-state index contributed by atoms with van der Waals surface area (Å²) >= 11 is 0. The first-order valence-corrected chi connectivity index (χ1v) is 9.48. The first-order chi connectivity index (χ1) is 13.4. The van der Waals surface area contributed by atoms with Crippen molar-refractivity contribution in [1.29, 1.82) is 0 Å². The Morgan fingerprint density at radius 2 is 1.61 bits per heavy atom. The van der Waals surface area contributed by atoms with Gasteiger partial charge < -0.3 is 15.5 Å². The van der Waals surface area contributed by atoms with Crippen molar-refractivity contribution in [2.24, 2.45) is 0 Å². The maximum Gasteiger partial charge on any atom is 0.243 e. The molecular formula is C22H30N4O2. The zero-order valence-corrected chi connectivity index (χ0v) is 17.2. The van der Waals surface area contributed by atoms with E-state index in [-0.39, 0.29) is 24.9 Å². The Kier molecular flexibility index (Phi) is 8.02. The highest BCUT2D eigenvalue weighted by Crippen LogP contribution is 2.15. The van der Waals surface area contributed by atoms with Gasteiger partial charge in [0.15, 0.2) is 0 Å². The highest BCUT2D eigenvalue weighted by molar-refractivity contribution is 5.95. The molecule has 2 aromatic rings. The third kappa shape index (κ3) is 6.70. The summed E-state index contributed by atoms with van der Waals surface area (Å²) in [4.78, 5) is 28.2. The number of likely N-dealkylation sites (N-methyl/N-ethyl adjacent to an activating group) is 1. The van der Waals surface area contributed by atoms with Crippen molar-refractivity contribution in [2.75, 3.05) is 44.4 Å². The Morgan fingerprint density at radius 3 is 2.25 bits per heavy atom. The number of hydrogen-bond acceptors (Lipinski definition) is 4. The summed E-state index contributed by atoms with van der Waals surface area (Å²) in [6, 6.07) is 15.9. The Hall–Kier alpha value is -2.86. The van der Waals surface area contributed by atoms with E-state index in [1.165, 1.54) is 0 Å². The smallest absolute Gasteiger partial charge is 0.243 e. The number of rotatable bonds is 9. The maximum absolute atomic E-state index is 12.1. The van der Waals surface area contributed by atoms with E-state index in [2.05, 4.69) is 34.9 Å². The molecule has 0 radical (unpaired) electrons. The van der Waals surface area contributed by atoms with Crippen molar-refractivity contribution in [3.63, 3.8) is 0 Å². The summed E-state index contributed by atoms with van der Waals surface area (Å²) in [5.41, 5.74) is 4.14. The fourth-order valence-electron chi connectivity index (χ4n) is 2.89. The molecule has 0 unspecified atom stereocenters. The van der Waals surface area contributed by atoms with Crippen LogP contribution in [0.25, 0.3) is 0 Å². The molecule has 6 heteroatoms. The van der Waals surface area contributed by atoms with Crippen LogP contribution < -0.4 is 15.5 Å². The molecule has 0 aliphatic carbocycles. The summed E-state index contributed by atoms with van der Waals surface area (Å²) in [5.74, 6) is -0.400. The van der Waals surface area contributed by atoms with E-state index >= 15 is 0 Å². The second-order valence-corrected chi connectivity index (χ2v) is 7.07. The van der Waals surface area contributed by atoms with Crippen LogP contribution in [-0.4, -0.2) is 50.9 Å². The molecule has 0 aliphatic rings. The number of nitrogens with one attached hydrogen (secondary N) is 2. The molecule has 0 saturated heterocycles. The number of carbonyl (C=O) groups is 2. The number of hydrogen-bond donors (Lipinski definition) is 2. The first-order valence-electron chi connectivity index (χ1n) is 9.48. The molecule has 0 aromatic heterocycles. The van der Waals surface area contributed by atoms with Crippen molar-refractivity contribution in [3.05, 3.63) is 59.7 Å². The second kappa shape index (κ2) is 10.5. The van der Waals surface area contributed by atoms with E-state index in [1.807, 2.05) is 62.1 Å². The standard InChI is InChI=1S/C22H30N4O2/c1-5-18-8-6-7-9-20(18)24-21(27)14-23-22(28)16-26(4)15-17-10-12-19(13-11-17)25(2)3/h6-13H,5,14-16H2,1-4H3,(H,23,28)(H,24,27). The van der Waals surface area contributed by atoms with Crippen LogP contribution >= 0.6 is 0 Å². The Labute approximate surface area is 167 Å². The normalized spacial score (nSPS) is 10.6. The van der Waals surface area contributed by atoms with Crippen molar-refractivity contribution < 1.29 is 9.59 Å². The summed E-state index contributed by atoms with van der Waals surface area (Å²) in [5, 5.41) is 5.53. The lowest BCUT2D eigenvalue weighted by Gasteiger charge is -2.18. The van der Waals surface area contributed by atoms with Crippen LogP contribution in [0.1, 0.15) is 18.1 Å². The highest BCUT2D eigenvalue weighted by atomic mass is 16.2. The van der Waals surface area contributed by atoms with Crippen LogP contribution in [0.4, 0.5) is 11.4 Å². The predicted molar refractivity (Wildman–Crippen MR) is 115 cm³/mol. The van der Waals surface area contributed by atoms with Crippen LogP contribution in [0.3, 0.4) is 0 Å². The zero-order valence-electron chi connectivity index (χ0n) is 17.2. The minimum Gasteiger partial charge on any atom is -0.378 e. The summed E-state index contributed by atoms with van der Waals surface area (Å²) in [6.07, 6.45) is 0.836. The van der Waals surface area contributed by atoms with Crippen molar-refractivity contribution in [3.8, 4) is 0 Å². The van der Waals surface area contributed by atoms with Crippen LogP contribution in [0, 0.1) is 0 Å². The molecule has 2 amide bonds. The molecule has 0 atom stereocenters. The SMILES string of the molecule is CCc1ccccc1NC(=O)CNC(=O)CN(C)Cc1ccc(N(C)C)cc1. The van der Waals surface area contributed by atoms with Crippen molar-refractivity contribution in [1.82, 2.24) is 10.2 Å². The third-order valence-electron chi connectivity index (χ3n) is 4.44. The number of para-hydroxylation sites is 1. The van der Waals surface area contributed by atoms with Crippen molar-refractivity contribution in [2.45, 2.75) is 19.9 Å². The molecule has 0 heterocycles. The first kappa shape index (κ1) is 21.4. The topological polar surface area (TPSA) is 64.7 Å². The number of benzene rings is 2. The van der Waals surface area contributed by atoms with E-state index in [1.54, 1.807) is 0 Å². The Balaban J connectivity index is 1.76. The number of amides is 2. The zero-order chi connectivity index (χ0) is 20.5. The van der Waals surface area contributed by atoms with Gasteiger partial charge >= 0.3 is 0 Å². The Morgan fingerprint density at radius 1 is 0.929 bits per heavy atom. The summed E-state index contributed by atoms with van der Waals surface area (Å²) < 4.78 is 0. The molecule has 2 N–H and O–H groups in total. The quantitative estimate of drug-likeness (QED) is 0.699. The van der Waals surface area contributed by atoms with Gasteiger partial charge in [-0.25, -0.2) is 0 Å². The van der Waals surface area contributed by atoms with E-state index in [4.69, 9.17) is 0 Å². The molecular weight excluding hydrogens is 352 g/mol. The van der Waals surface area contributed by atoms with Gasteiger partial charge in [-0.15, -0.1) is 0 Å². The number of anilines is 2. The predicted octanol–water partition coefficient (Wildman–Crippen LogP) is 2.50. The van der Waals surface area contributed by atoms with Gasteiger partial charge in [0.25, 0.3) is 0 Å². The average molecular weight is 383 g/mol. The molecule has 0 bridgehead atoms. The molecule has 0 aliphatic heterocycles. The van der Waals surface area contributed by atoms with Crippen LogP contribution in [-0.2, 0) is 22.6 Å². The number of aryl methyl sites for hydroxylation is 1. The molecule has 150 valence electrons. The van der Waals surface area contributed by atoms with Gasteiger partial charge in [0.2, 0.25) is 11.8 Å². The molecule has 0 spiro atoms. The van der Waals surface area contributed by atoms with Gasteiger partial charge in [0, 0.05) is 32.0 Å². The highest BCUT2D eigenvalue weighted by Gasteiger charge is 2.10. The molecule has 0 fully saturated rings. The van der Waals surface area contributed by atoms with E-state index in [0.29, 0.717) is 6.54 Å². The Bertz CT molecular complexity index is 787. The van der Waals surface area contributed by atoms with Gasteiger partial charge in [-0.05, 0) is 42.8 Å². The van der Waals surface area contributed by atoms with Gasteiger partial charge in [0.05, 0.1) is 13.1 Å². The van der Waals surface area contributed by atoms with Crippen LogP contribution in [0.15, 0.2) is 48.5 Å². The number of carbonyl (C=O) groups excluding carboxylic acids is 2. The number of nitrogens with zero attached hydrogens (tertiary/aromatic N) is 2. The average Bonchev–Trinajstić information content (AvgIpc) is 2.67. The molecule has 28 heavy (non-hydrogen) atoms. The molecule has 2 rings (SSSR count). The van der Waals surface area contributed by atoms with Gasteiger partial charge in [-0.2, -0.15) is 0 Å². The maximum atomic E-state index is 12.1. The van der Waals surface area contributed by atoms with E-state index in [9.17, 15) is 9.59 Å². The lowest BCUT2D eigenvalue weighted by molar-refractivity contribution is -0.124. The van der Waals surface area contributed by atoms with E-state index in [0.717, 1.165) is 28.9 Å². The molecule has 0 saturated carbocycles. The van der Waals surface area contributed by atoms with E-state index < -0.39 is 0 Å². The fourth-order valence-corrected chi connectivity index (χ4v) is 2.89. The van der Waals surface area contributed by atoms with Gasteiger partial charge in [-0.1, -0.05) is 37.3 Å². The van der Waals surface area contributed by atoms with Gasteiger partial charge in [0.1, 0.15) is 0 Å². The monoisotopic (exact) mass is 382 g/mol. The van der Waals surface area contributed by atoms with Crippen LogP contribution in [0.5, 0.6) is 0 Å². The third-order valence-corrected chi connectivity index (χ3v) is 4.44. The fraction of sp³-hybridized carbons (Fsp3) is 0.364. The minimum atomic E-state index is -0.226. The summed E-state index contributed by atoms with van der Waals surface area (Å²) in [7, 11) is 5.89. The van der Waals surface area contributed by atoms with Crippen molar-refractivity contribution >= 4 is 23.2 Å².